The van der Waals surface area contributed by atoms with Crippen molar-refractivity contribution in [2.75, 3.05) is 11.1 Å². The summed E-state index contributed by atoms with van der Waals surface area (Å²) in [6, 6.07) is 11.9. The van der Waals surface area contributed by atoms with Crippen LogP contribution in [0.4, 0.5) is 11.4 Å². The van der Waals surface area contributed by atoms with Crippen molar-refractivity contribution in [2.24, 2.45) is 0 Å². The van der Waals surface area contributed by atoms with Gasteiger partial charge in [-0.1, -0.05) is 53.5 Å². The van der Waals surface area contributed by atoms with E-state index in [9.17, 15) is 9.59 Å². The van der Waals surface area contributed by atoms with E-state index in [1.165, 1.54) is 12.1 Å². The van der Waals surface area contributed by atoms with Gasteiger partial charge in [0, 0.05) is 24.1 Å². The summed E-state index contributed by atoms with van der Waals surface area (Å²) < 4.78 is 0. The molecular formula is C16H14Cl2N2O2. The van der Waals surface area contributed by atoms with Gasteiger partial charge in [0.2, 0.25) is 5.91 Å². The first-order valence-electron chi connectivity index (χ1n) is 6.60. The zero-order chi connectivity index (χ0) is 16.1. The van der Waals surface area contributed by atoms with Crippen molar-refractivity contribution in [3.8, 4) is 0 Å². The van der Waals surface area contributed by atoms with Gasteiger partial charge in [-0.3, -0.25) is 9.59 Å². The summed E-state index contributed by atoms with van der Waals surface area (Å²) in [7, 11) is 0. The molecule has 0 aliphatic rings. The molecule has 0 saturated carbocycles. The number of halogens is 2. The number of hydrogen-bond acceptors (Lipinski definition) is 3. The fourth-order valence-electron chi connectivity index (χ4n) is 1.88. The van der Waals surface area contributed by atoms with E-state index in [-0.39, 0.29) is 40.3 Å². The van der Waals surface area contributed by atoms with Gasteiger partial charge in [0.05, 0.1) is 15.7 Å². The van der Waals surface area contributed by atoms with Crippen LogP contribution in [-0.4, -0.2) is 11.7 Å². The Labute approximate surface area is 138 Å². The molecule has 0 unspecified atom stereocenters. The normalized spacial score (nSPS) is 10.3. The van der Waals surface area contributed by atoms with Gasteiger partial charge in [-0.15, -0.1) is 0 Å². The van der Waals surface area contributed by atoms with Crippen LogP contribution in [0.1, 0.15) is 23.2 Å². The minimum Gasteiger partial charge on any atom is -0.396 e. The van der Waals surface area contributed by atoms with Gasteiger partial charge < -0.3 is 11.1 Å². The van der Waals surface area contributed by atoms with Crippen molar-refractivity contribution in [3.05, 3.63) is 58.1 Å². The third kappa shape index (κ3) is 4.23. The maximum Gasteiger partial charge on any atom is 0.224 e. The Kier molecular flexibility index (Phi) is 5.41. The van der Waals surface area contributed by atoms with Gasteiger partial charge in [0.25, 0.3) is 0 Å². The Bertz CT molecular complexity index is 680. The van der Waals surface area contributed by atoms with E-state index in [1.807, 2.05) is 6.07 Å². The Morgan fingerprint density at radius 3 is 2.18 bits per heavy atom. The summed E-state index contributed by atoms with van der Waals surface area (Å²) in [4.78, 5) is 23.8. The summed E-state index contributed by atoms with van der Waals surface area (Å²) in [5.41, 5.74) is 6.92. The molecule has 2 aromatic carbocycles. The van der Waals surface area contributed by atoms with Crippen molar-refractivity contribution < 1.29 is 9.59 Å². The maximum absolute atomic E-state index is 11.9. The second-order valence-electron chi connectivity index (χ2n) is 4.69. The molecule has 0 atom stereocenters. The number of nitrogen functional groups attached to an aromatic ring is 1. The number of ketones is 1. The number of benzene rings is 2. The molecule has 2 rings (SSSR count). The molecule has 0 fully saturated rings. The largest absolute Gasteiger partial charge is 0.396 e. The molecule has 0 radical (unpaired) electrons. The second kappa shape index (κ2) is 7.29. The maximum atomic E-state index is 11.9. The number of carbonyl (C=O) groups is 2. The Hall–Kier alpha value is -2.04. The van der Waals surface area contributed by atoms with Crippen LogP contribution in [0.2, 0.25) is 10.0 Å². The van der Waals surface area contributed by atoms with Gasteiger partial charge in [-0.05, 0) is 12.1 Å². The summed E-state index contributed by atoms with van der Waals surface area (Å²) in [5.74, 6) is -0.370. The fourth-order valence-corrected chi connectivity index (χ4v) is 2.36. The molecule has 22 heavy (non-hydrogen) atoms. The number of anilines is 2. The number of hydrogen-bond donors (Lipinski definition) is 2. The number of amides is 1. The Morgan fingerprint density at radius 2 is 1.59 bits per heavy atom. The lowest BCUT2D eigenvalue weighted by molar-refractivity contribution is -0.116. The van der Waals surface area contributed by atoms with Crippen LogP contribution in [0.3, 0.4) is 0 Å². The van der Waals surface area contributed by atoms with Gasteiger partial charge in [0.1, 0.15) is 0 Å². The van der Waals surface area contributed by atoms with Crippen molar-refractivity contribution in [3.63, 3.8) is 0 Å². The summed E-state index contributed by atoms with van der Waals surface area (Å²) in [6.45, 7) is 0. The highest BCUT2D eigenvalue weighted by Crippen LogP contribution is 2.31. The Morgan fingerprint density at radius 1 is 1.00 bits per heavy atom. The summed E-state index contributed by atoms with van der Waals surface area (Å²) in [5, 5.41) is 3.18. The van der Waals surface area contributed by atoms with Crippen LogP contribution in [0, 0.1) is 0 Å². The average molecular weight is 337 g/mol. The number of rotatable bonds is 5. The lowest BCUT2D eigenvalue weighted by atomic mass is 10.1. The third-order valence-corrected chi connectivity index (χ3v) is 3.66. The molecular weight excluding hydrogens is 323 g/mol. The number of nitrogens with two attached hydrogens (primary N) is 1. The predicted molar refractivity (Wildman–Crippen MR) is 89.5 cm³/mol. The minimum atomic E-state index is -0.291. The van der Waals surface area contributed by atoms with Gasteiger partial charge in [0.15, 0.2) is 5.78 Å². The summed E-state index contributed by atoms with van der Waals surface area (Å²) >= 11 is 11.8. The molecule has 6 heteroatoms. The van der Waals surface area contributed by atoms with E-state index in [4.69, 9.17) is 28.9 Å². The first-order chi connectivity index (χ1) is 10.5. The smallest absolute Gasteiger partial charge is 0.224 e. The molecule has 0 aliphatic carbocycles. The van der Waals surface area contributed by atoms with E-state index >= 15 is 0 Å². The molecule has 0 spiro atoms. The molecule has 4 nitrogen and oxygen atoms in total. The first-order valence-corrected chi connectivity index (χ1v) is 7.35. The number of carbonyl (C=O) groups excluding carboxylic acids is 2. The molecule has 114 valence electrons. The summed E-state index contributed by atoms with van der Waals surface area (Å²) in [6.07, 6.45) is 0.208. The van der Waals surface area contributed by atoms with Gasteiger partial charge in [-0.25, -0.2) is 0 Å². The number of Topliss-reactive ketones (excluding diaryl/α,β-unsaturated/α-hetero) is 1. The van der Waals surface area contributed by atoms with Crippen LogP contribution < -0.4 is 11.1 Å². The quantitative estimate of drug-likeness (QED) is 0.635. The topological polar surface area (TPSA) is 72.2 Å². The van der Waals surface area contributed by atoms with Crippen LogP contribution in [-0.2, 0) is 4.79 Å². The van der Waals surface area contributed by atoms with Crippen LogP contribution >= 0.6 is 23.2 Å². The molecule has 0 aliphatic heterocycles. The Balaban J connectivity index is 1.92. The van der Waals surface area contributed by atoms with Crippen molar-refractivity contribution >= 4 is 46.3 Å². The molecule has 0 aromatic heterocycles. The van der Waals surface area contributed by atoms with Crippen molar-refractivity contribution in [1.82, 2.24) is 0 Å². The van der Waals surface area contributed by atoms with Crippen molar-refractivity contribution in [2.45, 2.75) is 12.8 Å². The van der Waals surface area contributed by atoms with Crippen LogP contribution in [0.25, 0.3) is 0 Å². The first kappa shape index (κ1) is 16.3. The van der Waals surface area contributed by atoms with Gasteiger partial charge in [-0.2, -0.15) is 0 Å². The van der Waals surface area contributed by atoms with Crippen LogP contribution in [0.5, 0.6) is 0 Å². The second-order valence-corrected chi connectivity index (χ2v) is 5.51. The van der Waals surface area contributed by atoms with Gasteiger partial charge >= 0.3 is 0 Å². The van der Waals surface area contributed by atoms with E-state index in [1.54, 1.807) is 24.3 Å². The van der Waals surface area contributed by atoms with E-state index < -0.39 is 0 Å². The average Bonchev–Trinajstić information content (AvgIpc) is 2.51. The monoisotopic (exact) mass is 336 g/mol. The SMILES string of the molecule is Nc1c(Cl)cc(NC(=O)CCC(=O)c2ccccc2)cc1Cl. The zero-order valence-electron chi connectivity index (χ0n) is 11.6. The molecule has 0 heterocycles. The molecule has 0 saturated heterocycles. The predicted octanol–water partition coefficient (Wildman–Crippen LogP) is 4.18. The highest BCUT2D eigenvalue weighted by molar-refractivity contribution is 6.39. The van der Waals surface area contributed by atoms with E-state index in [0.717, 1.165) is 0 Å². The standard InChI is InChI=1S/C16H14Cl2N2O2/c17-12-8-11(9-13(18)16(12)19)20-15(22)7-6-14(21)10-4-2-1-3-5-10/h1-5,8-9H,6-7,19H2,(H,20,22). The molecule has 3 N–H and O–H groups in total. The molecule has 2 aromatic rings. The van der Waals surface area contributed by atoms with E-state index in [0.29, 0.717) is 11.3 Å². The van der Waals surface area contributed by atoms with E-state index in [2.05, 4.69) is 5.32 Å². The highest BCUT2D eigenvalue weighted by atomic mass is 35.5. The van der Waals surface area contributed by atoms with Crippen LogP contribution in [0.15, 0.2) is 42.5 Å². The molecule has 0 bridgehead atoms. The zero-order valence-corrected chi connectivity index (χ0v) is 13.1. The third-order valence-electron chi connectivity index (χ3n) is 3.04. The lowest BCUT2D eigenvalue weighted by Gasteiger charge is -2.08. The molecule has 1 amide bonds. The fraction of sp³-hybridized carbons (Fsp3) is 0.125. The van der Waals surface area contributed by atoms with Crippen molar-refractivity contribution in [1.29, 1.82) is 0 Å². The lowest BCUT2D eigenvalue weighted by Crippen LogP contribution is -2.13. The highest BCUT2D eigenvalue weighted by Gasteiger charge is 2.11. The number of nitrogens with one attached hydrogen (secondary N) is 1. The minimum absolute atomic E-state index is 0.0767.